The number of carbonyl (C=O) groups excluding carboxylic acids is 1. The summed E-state index contributed by atoms with van der Waals surface area (Å²) in [5.41, 5.74) is 0.0594. The van der Waals surface area contributed by atoms with Gasteiger partial charge in [-0.1, -0.05) is 48.0 Å². The van der Waals surface area contributed by atoms with Crippen LogP contribution >= 0.6 is 11.6 Å². The fourth-order valence-corrected chi connectivity index (χ4v) is 8.20. The SMILES string of the molecule is CC(C)(C)OC(=O)N1[C@@]2(C)c3ccnc(Cl)c3[C@]1(C)c1c2c2ccccc2n1S(=O)(=O)c1ccccc1. The summed E-state index contributed by atoms with van der Waals surface area (Å²) in [7, 11) is -4.06. The maximum atomic E-state index is 14.3. The van der Waals surface area contributed by atoms with Gasteiger partial charge in [0.2, 0.25) is 0 Å². The van der Waals surface area contributed by atoms with Crippen LogP contribution in [0.15, 0.2) is 71.8 Å². The third-order valence-corrected chi connectivity index (χ3v) is 9.46. The Balaban J connectivity index is 1.77. The molecule has 4 heterocycles. The van der Waals surface area contributed by atoms with Crippen molar-refractivity contribution in [1.82, 2.24) is 13.9 Å². The molecule has 9 heteroatoms. The van der Waals surface area contributed by atoms with Crippen LogP contribution in [0.2, 0.25) is 5.15 Å². The Hall–Kier alpha value is -3.36. The van der Waals surface area contributed by atoms with Crippen LogP contribution in [0.5, 0.6) is 0 Å². The normalized spacial score (nSPS) is 22.3. The maximum absolute atomic E-state index is 14.3. The summed E-state index contributed by atoms with van der Waals surface area (Å²) in [6, 6.07) is 17.5. The Morgan fingerprint density at radius 2 is 1.59 bits per heavy atom. The van der Waals surface area contributed by atoms with Gasteiger partial charge < -0.3 is 4.74 Å². The van der Waals surface area contributed by atoms with Gasteiger partial charge in [-0.25, -0.2) is 22.2 Å². The number of carbonyl (C=O) groups is 1. The first kappa shape index (κ1) is 24.0. The first-order chi connectivity index (χ1) is 17.3. The highest BCUT2D eigenvalue weighted by Gasteiger charge is 2.69. The van der Waals surface area contributed by atoms with E-state index >= 15 is 0 Å². The molecule has 0 spiro atoms. The summed E-state index contributed by atoms with van der Waals surface area (Å²) in [5, 5.41) is 0.965. The van der Waals surface area contributed by atoms with Crippen molar-refractivity contribution in [2.45, 2.75) is 56.2 Å². The number of para-hydroxylation sites is 1. The molecular formula is C28H26ClN3O4S. The number of hydrogen-bond acceptors (Lipinski definition) is 5. The summed E-state index contributed by atoms with van der Waals surface area (Å²) in [5.74, 6) is 0. The monoisotopic (exact) mass is 535 g/mol. The topological polar surface area (TPSA) is 81.5 Å². The number of nitrogens with zero attached hydrogens (tertiary/aromatic N) is 3. The van der Waals surface area contributed by atoms with Crippen molar-refractivity contribution in [3.63, 3.8) is 0 Å². The van der Waals surface area contributed by atoms with Gasteiger partial charge in [-0.2, -0.15) is 0 Å². The molecule has 190 valence electrons. The van der Waals surface area contributed by atoms with E-state index in [1.54, 1.807) is 68.3 Å². The third kappa shape index (κ3) is 2.91. The molecule has 0 unspecified atom stereocenters. The minimum absolute atomic E-state index is 0.149. The Labute approximate surface area is 220 Å². The van der Waals surface area contributed by atoms with Crippen LogP contribution in [0.25, 0.3) is 10.9 Å². The summed E-state index contributed by atoms with van der Waals surface area (Å²) in [6.45, 7) is 9.17. The fraction of sp³-hybridized carbons (Fsp3) is 0.286. The molecule has 4 aromatic rings. The lowest BCUT2D eigenvalue weighted by Crippen LogP contribution is -2.49. The first-order valence-electron chi connectivity index (χ1n) is 12.0. The molecule has 0 fully saturated rings. The zero-order valence-corrected chi connectivity index (χ0v) is 22.7. The van der Waals surface area contributed by atoms with Crippen molar-refractivity contribution in [2.75, 3.05) is 0 Å². The van der Waals surface area contributed by atoms with Crippen molar-refractivity contribution in [3.8, 4) is 0 Å². The fourth-order valence-electron chi connectivity index (χ4n) is 6.22. The Kier molecular flexibility index (Phi) is 4.77. The van der Waals surface area contributed by atoms with Gasteiger partial charge in [-0.15, -0.1) is 0 Å². The lowest BCUT2D eigenvalue weighted by Gasteiger charge is -2.38. The van der Waals surface area contributed by atoms with Gasteiger partial charge in [0.25, 0.3) is 10.0 Å². The van der Waals surface area contributed by atoms with Crippen LogP contribution in [0.4, 0.5) is 4.79 Å². The minimum atomic E-state index is -4.06. The standard InChI is InChI=1S/C28H26ClN3O4S/c1-26(2,3)36-25(33)32-27(4)19-15-16-30-24(29)22(19)28(32,5)23-21(27)18-13-9-10-14-20(18)31(23)37(34,35)17-11-7-6-8-12-17/h6-16H,1-5H3/t27-,28+/m0/s1. The predicted octanol–water partition coefficient (Wildman–Crippen LogP) is 6.02. The quantitative estimate of drug-likeness (QED) is 0.293. The largest absolute Gasteiger partial charge is 0.444 e. The molecule has 6 rings (SSSR count). The zero-order chi connectivity index (χ0) is 26.5. The van der Waals surface area contributed by atoms with Gasteiger partial charge in [0.05, 0.1) is 21.6 Å². The lowest BCUT2D eigenvalue weighted by molar-refractivity contribution is -0.00517. The molecule has 0 N–H and O–H groups in total. The average molecular weight is 536 g/mol. The molecule has 2 aliphatic rings. The molecule has 0 aliphatic carbocycles. The van der Waals surface area contributed by atoms with E-state index in [1.807, 2.05) is 38.1 Å². The van der Waals surface area contributed by atoms with Gasteiger partial charge in [-0.3, -0.25) is 4.90 Å². The molecule has 2 aliphatic heterocycles. The van der Waals surface area contributed by atoms with Crippen LogP contribution in [0.1, 0.15) is 57.0 Å². The predicted molar refractivity (Wildman–Crippen MR) is 141 cm³/mol. The second-order valence-electron chi connectivity index (χ2n) is 10.8. The van der Waals surface area contributed by atoms with E-state index in [2.05, 4.69) is 4.98 Å². The zero-order valence-electron chi connectivity index (χ0n) is 21.1. The van der Waals surface area contributed by atoms with Crippen molar-refractivity contribution >= 4 is 38.6 Å². The summed E-state index contributed by atoms with van der Waals surface area (Å²) >= 11 is 6.72. The highest BCUT2D eigenvalue weighted by atomic mass is 35.5. The third-order valence-electron chi connectivity index (χ3n) is 7.45. The number of halogens is 1. The van der Waals surface area contributed by atoms with Crippen LogP contribution in [0.3, 0.4) is 0 Å². The highest BCUT2D eigenvalue weighted by Crippen LogP contribution is 2.66. The summed E-state index contributed by atoms with van der Waals surface area (Å²) in [6.07, 6.45) is 1.05. The molecule has 7 nitrogen and oxygen atoms in total. The Morgan fingerprint density at radius 3 is 2.27 bits per heavy atom. The minimum Gasteiger partial charge on any atom is -0.444 e. The molecule has 0 radical (unpaired) electrons. The van der Waals surface area contributed by atoms with Crippen molar-refractivity contribution in [2.24, 2.45) is 0 Å². The Bertz CT molecular complexity index is 1730. The van der Waals surface area contributed by atoms with Gasteiger partial charge in [-0.05, 0) is 64.4 Å². The maximum Gasteiger partial charge on any atom is 0.412 e. The van der Waals surface area contributed by atoms with Crippen LogP contribution in [0, 0.1) is 0 Å². The smallest absolute Gasteiger partial charge is 0.412 e. The highest BCUT2D eigenvalue weighted by molar-refractivity contribution is 7.90. The van der Waals surface area contributed by atoms with Crippen LogP contribution < -0.4 is 0 Å². The van der Waals surface area contributed by atoms with Crippen LogP contribution in [-0.2, 0) is 25.8 Å². The van der Waals surface area contributed by atoms with Gasteiger partial charge in [0, 0.05) is 22.7 Å². The van der Waals surface area contributed by atoms with Crippen LogP contribution in [-0.4, -0.2) is 34.0 Å². The van der Waals surface area contributed by atoms with Crippen molar-refractivity contribution < 1.29 is 17.9 Å². The lowest BCUT2D eigenvalue weighted by atomic mass is 9.77. The molecule has 0 saturated heterocycles. The van der Waals surface area contributed by atoms with E-state index in [1.165, 1.54) is 3.97 Å². The van der Waals surface area contributed by atoms with Gasteiger partial charge in [0.1, 0.15) is 16.3 Å². The number of aromatic nitrogens is 2. The molecule has 2 aromatic carbocycles. The molecule has 2 atom stereocenters. The second-order valence-corrected chi connectivity index (χ2v) is 13.0. The van der Waals surface area contributed by atoms with Crippen molar-refractivity contribution in [1.29, 1.82) is 0 Å². The molecule has 0 saturated carbocycles. The van der Waals surface area contributed by atoms with Gasteiger partial charge in [0.15, 0.2) is 0 Å². The van der Waals surface area contributed by atoms with E-state index in [-0.39, 0.29) is 10.0 Å². The van der Waals surface area contributed by atoms with E-state index in [0.717, 1.165) is 16.5 Å². The van der Waals surface area contributed by atoms with E-state index in [9.17, 15) is 13.2 Å². The molecule has 37 heavy (non-hydrogen) atoms. The number of ether oxygens (including phenoxy) is 1. The van der Waals surface area contributed by atoms with E-state index < -0.39 is 32.8 Å². The number of fused-ring (bicyclic) bond motifs is 10. The number of pyridine rings is 1. The van der Waals surface area contributed by atoms with E-state index in [4.69, 9.17) is 16.3 Å². The molecule has 2 aromatic heterocycles. The molecule has 2 bridgehead atoms. The first-order valence-corrected chi connectivity index (χ1v) is 13.8. The number of benzene rings is 2. The summed E-state index contributed by atoms with van der Waals surface area (Å²) in [4.78, 5) is 20.0. The van der Waals surface area contributed by atoms with Crippen molar-refractivity contribution in [3.05, 3.63) is 94.4 Å². The van der Waals surface area contributed by atoms with E-state index in [0.29, 0.717) is 16.8 Å². The molecular weight excluding hydrogens is 510 g/mol. The number of rotatable bonds is 2. The number of hydrogen-bond donors (Lipinski definition) is 0. The van der Waals surface area contributed by atoms with Gasteiger partial charge >= 0.3 is 6.09 Å². The number of amides is 1. The Morgan fingerprint density at radius 1 is 0.946 bits per heavy atom. The second kappa shape index (κ2) is 7.36. The summed E-state index contributed by atoms with van der Waals surface area (Å²) < 4.78 is 35.8. The molecule has 1 amide bonds. The average Bonchev–Trinajstić information content (AvgIpc) is 3.37.